The molecule has 0 aliphatic carbocycles. The molecule has 0 radical (unpaired) electrons. The topological polar surface area (TPSA) is 97.0 Å². The molecule has 1 aromatic carbocycles. The fourth-order valence-electron chi connectivity index (χ4n) is 3.67. The summed E-state index contributed by atoms with van der Waals surface area (Å²) in [5, 5.41) is 6.08. The highest BCUT2D eigenvalue weighted by atomic mass is 79.9. The minimum absolute atomic E-state index is 0.0152. The van der Waals surface area contributed by atoms with Crippen LogP contribution in [0.25, 0.3) is 0 Å². The van der Waals surface area contributed by atoms with Crippen molar-refractivity contribution in [2.45, 2.75) is 24.8 Å². The van der Waals surface area contributed by atoms with Crippen LogP contribution in [0.2, 0.25) is 5.02 Å². The van der Waals surface area contributed by atoms with Crippen molar-refractivity contribution in [3.05, 3.63) is 44.7 Å². The Labute approximate surface area is 202 Å². The van der Waals surface area contributed by atoms with Gasteiger partial charge < -0.3 is 25.0 Å². The van der Waals surface area contributed by atoms with Gasteiger partial charge in [0.15, 0.2) is 5.06 Å². The summed E-state index contributed by atoms with van der Waals surface area (Å²) < 4.78 is 11.5. The van der Waals surface area contributed by atoms with Gasteiger partial charge in [0.1, 0.15) is 5.54 Å². The van der Waals surface area contributed by atoms with E-state index in [4.69, 9.17) is 21.1 Å². The lowest BCUT2D eigenvalue weighted by Gasteiger charge is -2.27. The van der Waals surface area contributed by atoms with Gasteiger partial charge in [-0.05, 0) is 59.1 Å². The Hall–Kier alpha value is -2.14. The zero-order valence-corrected chi connectivity index (χ0v) is 20.1. The molecule has 8 nitrogen and oxygen atoms in total. The summed E-state index contributed by atoms with van der Waals surface area (Å²) in [6.45, 7) is 1.78. The molecule has 170 valence electrons. The van der Waals surface area contributed by atoms with E-state index in [0.717, 1.165) is 29.7 Å². The summed E-state index contributed by atoms with van der Waals surface area (Å²) in [6, 6.07) is 8.17. The van der Waals surface area contributed by atoms with Crippen LogP contribution in [0.1, 0.15) is 29.6 Å². The molecule has 0 saturated carbocycles. The van der Waals surface area contributed by atoms with Gasteiger partial charge in [-0.1, -0.05) is 22.9 Å². The lowest BCUT2D eigenvalue weighted by atomic mass is 9.97. The van der Waals surface area contributed by atoms with E-state index in [1.807, 2.05) is 0 Å². The number of carbonyl (C=O) groups excluding carboxylic acids is 3. The van der Waals surface area contributed by atoms with E-state index >= 15 is 0 Å². The minimum Gasteiger partial charge on any atom is -0.399 e. The normalized spacial score (nSPS) is 20.2. The molecule has 3 amide bonds. The van der Waals surface area contributed by atoms with E-state index in [2.05, 4.69) is 26.6 Å². The van der Waals surface area contributed by atoms with Gasteiger partial charge in [-0.3, -0.25) is 9.59 Å². The summed E-state index contributed by atoms with van der Waals surface area (Å²) in [7, 11) is 0. The molecule has 2 aromatic rings. The molecule has 32 heavy (non-hydrogen) atoms. The van der Waals surface area contributed by atoms with Crippen LogP contribution in [-0.2, 0) is 9.53 Å². The van der Waals surface area contributed by atoms with Crippen molar-refractivity contribution in [3.63, 3.8) is 0 Å². The van der Waals surface area contributed by atoms with E-state index in [9.17, 15) is 14.4 Å². The maximum Gasteiger partial charge on any atom is 0.414 e. The summed E-state index contributed by atoms with van der Waals surface area (Å²) in [4.78, 5) is 39.9. The third kappa shape index (κ3) is 5.09. The standard InChI is InChI=1S/C21H21BrClN3O5S/c22-16-5-6-17(32-16)31-20(29)25-21(7-10-30-12-21)19(28)24-13-3-4-14(15(23)11-13)18(27)26-8-1-2-9-26/h3-6,11H,1-2,7-10,12H2,(H,24,28)(H,25,29). The molecule has 1 atom stereocenters. The maximum atomic E-state index is 13.1. The second-order valence-electron chi connectivity index (χ2n) is 7.61. The van der Waals surface area contributed by atoms with Crippen LogP contribution in [0.4, 0.5) is 10.5 Å². The van der Waals surface area contributed by atoms with Crippen molar-refractivity contribution in [1.29, 1.82) is 0 Å². The largest absolute Gasteiger partial charge is 0.414 e. The molecule has 11 heteroatoms. The average Bonchev–Trinajstić information content (AvgIpc) is 3.51. The highest BCUT2D eigenvalue weighted by Gasteiger charge is 2.44. The number of benzene rings is 1. The Morgan fingerprint density at radius 2 is 1.97 bits per heavy atom. The van der Waals surface area contributed by atoms with Crippen LogP contribution in [0.15, 0.2) is 34.1 Å². The van der Waals surface area contributed by atoms with Gasteiger partial charge in [0.25, 0.3) is 11.8 Å². The van der Waals surface area contributed by atoms with E-state index in [-0.39, 0.29) is 17.5 Å². The van der Waals surface area contributed by atoms with Gasteiger partial charge in [0, 0.05) is 31.8 Å². The molecule has 3 heterocycles. The molecule has 2 aliphatic rings. The summed E-state index contributed by atoms with van der Waals surface area (Å²) in [5.41, 5.74) is -0.460. The van der Waals surface area contributed by atoms with E-state index < -0.39 is 17.5 Å². The minimum atomic E-state index is -1.28. The zero-order valence-electron chi connectivity index (χ0n) is 17.0. The number of thiophene rings is 1. The Bertz CT molecular complexity index is 1030. The monoisotopic (exact) mass is 541 g/mol. The number of carbonyl (C=O) groups is 3. The van der Waals surface area contributed by atoms with Crippen LogP contribution >= 0.6 is 38.9 Å². The van der Waals surface area contributed by atoms with Crippen LogP contribution in [0.3, 0.4) is 0 Å². The predicted molar refractivity (Wildman–Crippen MR) is 125 cm³/mol. The van der Waals surface area contributed by atoms with Gasteiger partial charge in [-0.25, -0.2) is 4.79 Å². The van der Waals surface area contributed by atoms with Gasteiger partial charge in [0.2, 0.25) is 0 Å². The number of rotatable bonds is 5. The van der Waals surface area contributed by atoms with E-state index in [1.165, 1.54) is 17.4 Å². The summed E-state index contributed by atoms with van der Waals surface area (Å²) in [5.74, 6) is -0.565. The maximum absolute atomic E-state index is 13.1. The Balaban J connectivity index is 1.44. The number of hydrogen-bond donors (Lipinski definition) is 2. The van der Waals surface area contributed by atoms with Crippen molar-refractivity contribution in [2.75, 3.05) is 31.6 Å². The number of amides is 3. The molecule has 2 saturated heterocycles. The highest BCUT2D eigenvalue weighted by Crippen LogP contribution is 2.30. The fraction of sp³-hybridized carbons (Fsp3) is 0.381. The smallest absolute Gasteiger partial charge is 0.399 e. The lowest BCUT2D eigenvalue weighted by Crippen LogP contribution is -2.58. The third-order valence-electron chi connectivity index (χ3n) is 5.39. The number of ether oxygens (including phenoxy) is 2. The number of halogens is 2. The van der Waals surface area contributed by atoms with Crippen molar-refractivity contribution in [3.8, 4) is 5.06 Å². The van der Waals surface area contributed by atoms with Crippen LogP contribution in [-0.4, -0.2) is 54.6 Å². The lowest BCUT2D eigenvalue weighted by molar-refractivity contribution is -0.122. The van der Waals surface area contributed by atoms with Crippen LogP contribution in [0, 0.1) is 0 Å². The number of hydrogen-bond acceptors (Lipinski definition) is 6. The molecular weight excluding hydrogens is 522 g/mol. The number of nitrogens with zero attached hydrogens (tertiary/aromatic N) is 1. The van der Waals surface area contributed by atoms with Gasteiger partial charge in [-0.15, -0.1) is 0 Å². The van der Waals surface area contributed by atoms with Crippen molar-refractivity contribution in [1.82, 2.24) is 10.2 Å². The predicted octanol–water partition coefficient (Wildman–Crippen LogP) is 4.29. The molecule has 2 fully saturated rings. The number of likely N-dealkylation sites (tertiary alicyclic amines) is 1. The SMILES string of the molecule is O=C(NC1(C(=O)Nc2ccc(C(=O)N3CCCC3)c(Cl)c2)CCOC1)Oc1ccc(Br)s1. The number of anilines is 1. The Morgan fingerprint density at radius 3 is 2.59 bits per heavy atom. The second kappa shape index (κ2) is 9.78. The quantitative estimate of drug-likeness (QED) is 0.588. The van der Waals surface area contributed by atoms with Crippen LogP contribution in [0.5, 0.6) is 5.06 Å². The summed E-state index contributed by atoms with van der Waals surface area (Å²) >= 11 is 10.9. The third-order valence-corrected chi connectivity index (χ3v) is 7.20. The van der Waals surface area contributed by atoms with Crippen molar-refractivity contribution < 1.29 is 23.9 Å². The average molecular weight is 543 g/mol. The first-order valence-electron chi connectivity index (χ1n) is 10.1. The fourth-order valence-corrected chi connectivity index (χ4v) is 5.13. The van der Waals surface area contributed by atoms with Crippen molar-refractivity contribution >= 4 is 62.5 Å². The first-order valence-corrected chi connectivity index (χ1v) is 12.1. The summed E-state index contributed by atoms with van der Waals surface area (Å²) in [6.07, 6.45) is 1.52. The molecule has 0 bridgehead atoms. The van der Waals surface area contributed by atoms with E-state index in [0.29, 0.717) is 29.3 Å². The Kier molecular flexibility index (Phi) is 7.04. The first-order chi connectivity index (χ1) is 15.4. The second-order valence-corrected chi connectivity index (χ2v) is 10.4. The molecule has 1 aromatic heterocycles. The van der Waals surface area contributed by atoms with E-state index in [1.54, 1.807) is 29.2 Å². The van der Waals surface area contributed by atoms with Gasteiger partial charge in [-0.2, -0.15) is 0 Å². The molecule has 2 N–H and O–H groups in total. The zero-order chi connectivity index (χ0) is 22.7. The van der Waals surface area contributed by atoms with Gasteiger partial charge in [0.05, 0.1) is 21.0 Å². The Morgan fingerprint density at radius 1 is 1.19 bits per heavy atom. The molecule has 1 unspecified atom stereocenters. The molecule has 0 spiro atoms. The van der Waals surface area contributed by atoms with Gasteiger partial charge >= 0.3 is 6.09 Å². The number of nitrogens with one attached hydrogen (secondary N) is 2. The molecular formula is C21H21BrClN3O5S. The van der Waals surface area contributed by atoms with Crippen LogP contribution < -0.4 is 15.4 Å². The van der Waals surface area contributed by atoms with Crippen molar-refractivity contribution in [2.24, 2.45) is 0 Å². The molecule has 4 rings (SSSR count). The first kappa shape index (κ1) is 23.0. The highest BCUT2D eigenvalue weighted by molar-refractivity contribution is 9.11. The molecule has 2 aliphatic heterocycles.